The molecule has 6 heteroatoms. The molecule has 0 aliphatic carbocycles. The van der Waals surface area contributed by atoms with Crippen LogP contribution >= 0.6 is 0 Å². The first kappa shape index (κ1) is 17.8. The Morgan fingerprint density at radius 3 is 1.77 bits per heavy atom. The number of rotatable bonds is 5. The van der Waals surface area contributed by atoms with Gasteiger partial charge in [0.25, 0.3) is 0 Å². The van der Waals surface area contributed by atoms with E-state index in [1.165, 1.54) is 14.2 Å². The van der Waals surface area contributed by atoms with Gasteiger partial charge in [-0.25, -0.2) is 9.59 Å². The zero-order valence-electron chi connectivity index (χ0n) is 13.4. The van der Waals surface area contributed by atoms with E-state index in [9.17, 15) is 14.4 Å². The topological polar surface area (TPSA) is 69.7 Å². The summed E-state index contributed by atoms with van der Waals surface area (Å²) in [5.41, 5.74) is 0.0854. The molecule has 0 saturated heterocycles. The van der Waals surface area contributed by atoms with Crippen molar-refractivity contribution in [2.75, 3.05) is 14.2 Å². The minimum Gasteiger partial charge on any atom is -0.466 e. The van der Waals surface area contributed by atoms with Crippen LogP contribution in [0.5, 0.6) is 0 Å². The van der Waals surface area contributed by atoms with E-state index in [-0.39, 0.29) is 10.8 Å². The van der Waals surface area contributed by atoms with E-state index in [1.807, 2.05) is 19.6 Å². The van der Waals surface area contributed by atoms with Gasteiger partial charge >= 0.3 is 11.9 Å². The molecule has 0 spiro atoms. The molecule has 0 amide bonds. The highest BCUT2D eigenvalue weighted by Crippen LogP contribution is 2.24. The molecule has 0 aliphatic heterocycles. The molecule has 1 rings (SSSR count). The average Bonchev–Trinajstić information content (AvgIpc) is 2.50. The second kappa shape index (κ2) is 7.17. The van der Waals surface area contributed by atoms with E-state index in [4.69, 9.17) is 9.47 Å². The summed E-state index contributed by atoms with van der Waals surface area (Å²) in [6, 6.07) is 8.32. The predicted octanol–water partition coefficient (Wildman–Crippen LogP) is 2.39. The van der Waals surface area contributed by atoms with Crippen LogP contribution in [0.25, 0.3) is 0 Å². The number of esters is 2. The van der Waals surface area contributed by atoms with Crippen molar-refractivity contribution < 1.29 is 23.9 Å². The van der Waals surface area contributed by atoms with Crippen molar-refractivity contribution in [1.29, 1.82) is 0 Å². The predicted molar refractivity (Wildman–Crippen MR) is 85.2 cm³/mol. The van der Waals surface area contributed by atoms with Crippen LogP contribution in [0.2, 0.25) is 19.6 Å². The maximum atomic E-state index is 12.7. The first-order valence-corrected chi connectivity index (χ1v) is 10.2. The Hall–Kier alpha value is -2.21. The third-order valence-electron chi connectivity index (χ3n) is 3.04. The van der Waals surface area contributed by atoms with Crippen LogP contribution in [-0.2, 0) is 19.1 Å². The Bertz CT molecular complexity index is 611. The Morgan fingerprint density at radius 2 is 1.36 bits per heavy atom. The lowest BCUT2D eigenvalue weighted by molar-refractivity contribution is -0.138. The molecule has 0 fully saturated rings. The highest BCUT2D eigenvalue weighted by atomic mass is 28.3. The summed E-state index contributed by atoms with van der Waals surface area (Å²) in [6.07, 6.45) is 0. The van der Waals surface area contributed by atoms with Gasteiger partial charge in [-0.05, 0) is 0 Å². The Balaban J connectivity index is 3.62. The molecule has 0 aromatic heterocycles. The number of benzene rings is 1. The van der Waals surface area contributed by atoms with E-state index in [0.717, 1.165) is 0 Å². The lowest BCUT2D eigenvalue weighted by atomic mass is 10.0. The standard InChI is InChI=1S/C16H20O5Si/c1-20-15(18)12(13(17)11-9-7-6-8-10-11)14(16(19)21-2)22(3,4)5/h6-10H,1-5H3/b14-12+. The SMILES string of the molecule is COC(=O)/C(C(=O)c1ccccc1)=C(\C(=O)OC)[Si](C)(C)C. The molecule has 0 unspecified atom stereocenters. The van der Waals surface area contributed by atoms with Gasteiger partial charge in [0, 0.05) is 10.8 Å². The van der Waals surface area contributed by atoms with Crippen LogP contribution in [-0.4, -0.2) is 40.0 Å². The quantitative estimate of drug-likeness (QED) is 0.208. The molecule has 0 saturated carbocycles. The van der Waals surface area contributed by atoms with Gasteiger partial charge in [0.2, 0.25) is 0 Å². The molecule has 0 heterocycles. The summed E-state index contributed by atoms with van der Waals surface area (Å²) in [5.74, 6) is -2.02. The van der Waals surface area contributed by atoms with E-state index in [0.29, 0.717) is 5.56 Å². The van der Waals surface area contributed by atoms with Crippen molar-refractivity contribution in [2.45, 2.75) is 19.6 Å². The van der Waals surface area contributed by atoms with Crippen molar-refractivity contribution in [2.24, 2.45) is 0 Å². The number of hydrogen-bond donors (Lipinski definition) is 0. The van der Waals surface area contributed by atoms with Crippen molar-refractivity contribution in [1.82, 2.24) is 0 Å². The molecule has 0 N–H and O–H groups in total. The van der Waals surface area contributed by atoms with Crippen LogP contribution in [0.1, 0.15) is 10.4 Å². The van der Waals surface area contributed by atoms with Crippen molar-refractivity contribution in [3.63, 3.8) is 0 Å². The Morgan fingerprint density at radius 1 is 0.864 bits per heavy atom. The molecule has 1 aromatic carbocycles. The van der Waals surface area contributed by atoms with Gasteiger partial charge < -0.3 is 9.47 Å². The van der Waals surface area contributed by atoms with Crippen LogP contribution in [0.3, 0.4) is 0 Å². The number of carbonyl (C=O) groups is 3. The molecule has 0 atom stereocenters. The molecule has 22 heavy (non-hydrogen) atoms. The second-order valence-corrected chi connectivity index (χ2v) is 10.7. The number of ether oxygens (including phenoxy) is 2. The molecule has 1 aromatic rings. The third-order valence-corrected chi connectivity index (χ3v) is 5.00. The maximum absolute atomic E-state index is 12.7. The number of ketones is 1. The fourth-order valence-electron chi connectivity index (χ4n) is 2.03. The Labute approximate surface area is 130 Å². The fourth-order valence-corrected chi connectivity index (χ4v) is 3.71. The largest absolute Gasteiger partial charge is 0.466 e. The number of methoxy groups -OCH3 is 2. The summed E-state index contributed by atoms with van der Waals surface area (Å²) in [6.45, 7) is 5.58. The zero-order chi connectivity index (χ0) is 16.9. The van der Waals surface area contributed by atoms with Crippen LogP contribution in [0.4, 0.5) is 0 Å². The van der Waals surface area contributed by atoms with Gasteiger partial charge in [-0.15, -0.1) is 0 Å². The van der Waals surface area contributed by atoms with E-state index in [2.05, 4.69) is 0 Å². The first-order chi connectivity index (χ1) is 10.2. The van der Waals surface area contributed by atoms with Gasteiger partial charge in [0.05, 0.1) is 22.3 Å². The normalized spacial score (nSPS) is 12.2. The third kappa shape index (κ3) is 3.91. The molecule has 0 aliphatic rings. The van der Waals surface area contributed by atoms with Gasteiger partial charge in [0.15, 0.2) is 5.78 Å². The lowest BCUT2D eigenvalue weighted by Crippen LogP contribution is -2.35. The number of Topliss-reactive ketones (excluding diaryl/α,β-unsaturated/α-hetero) is 1. The lowest BCUT2D eigenvalue weighted by Gasteiger charge is -2.21. The molecule has 5 nitrogen and oxygen atoms in total. The summed E-state index contributed by atoms with van der Waals surface area (Å²) in [7, 11) is 0.0818. The number of hydrogen-bond acceptors (Lipinski definition) is 5. The second-order valence-electron chi connectivity index (χ2n) is 5.68. The molecular formula is C16H20O5Si. The highest BCUT2D eigenvalue weighted by Gasteiger charge is 2.36. The van der Waals surface area contributed by atoms with Crippen LogP contribution in [0.15, 0.2) is 41.1 Å². The Kier molecular flexibility index (Phi) is 5.82. The first-order valence-electron chi connectivity index (χ1n) is 6.75. The summed E-state index contributed by atoms with van der Waals surface area (Å²) >= 11 is 0. The monoisotopic (exact) mass is 320 g/mol. The molecular weight excluding hydrogens is 300 g/mol. The van der Waals surface area contributed by atoms with E-state index >= 15 is 0 Å². The summed E-state index contributed by atoms with van der Waals surface area (Å²) < 4.78 is 9.50. The smallest absolute Gasteiger partial charge is 0.342 e. The van der Waals surface area contributed by atoms with Gasteiger partial charge in [-0.3, -0.25) is 4.79 Å². The van der Waals surface area contributed by atoms with Crippen molar-refractivity contribution in [3.05, 3.63) is 46.7 Å². The highest BCUT2D eigenvalue weighted by molar-refractivity contribution is 6.88. The van der Waals surface area contributed by atoms with Gasteiger partial charge in [-0.2, -0.15) is 0 Å². The average molecular weight is 320 g/mol. The summed E-state index contributed by atoms with van der Waals surface area (Å²) in [4.78, 5) is 37.0. The van der Waals surface area contributed by atoms with Gasteiger partial charge in [-0.1, -0.05) is 50.0 Å². The van der Waals surface area contributed by atoms with E-state index < -0.39 is 25.8 Å². The zero-order valence-corrected chi connectivity index (χ0v) is 14.4. The fraction of sp³-hybridized carbons (Fsp3) is 0.312. The summed E-state index contributed by atoms with van der Waals surface area (Å²) in [5, 5.41) is 0.135. The van der Waals surface area contributed by atoms with Crippen molar-refractivity contribution >= 4 is 25.8 Å². The van der Waals surface area contributed by atoms with Crippen LogP contribution < -0.4 is 0 Å². The number of carbonyl (C=O) groups excluding carboxylic acids is 3. The maximum Gasteiger partial charge on any atom is 0.342 e. The minimum atomic E-state index is -2.33. The van der Waals surface area contributed by atoms with Gasteiger partial charge in [0.1, 0.15) is 5.57 Å². The van der Waals surface area contributed by atoms with Crippen molar-refractivity contribution in [3.8, 4) is 0 Å². The van der Waals surface area contributed by atoms with Crippen LogP contribution in [0, 0.1) is 0 Å². The molecule has 0 radical (unpaired) electrons. The molecule has 118 valence electrons. The minimum absolute atomic E-state index is 0.135. The molecule has 0 bridgehead atoms. The van der Waals surface area contributed by atoms with E-state index in [1.54, 1.807) is 30.3 Å².